The average Bonchev–Trinajstić information content (AvgIpc) is 2.95. The Balaban J connectivity index is 0.00000264. The van der Waals surface area contributed by atoms with Crippen molar-refractivity contribution >= 4 is 18.4 Å². The maximum Gasteiger partial charge on any atom is 0.317 e. The molecule has 2 aromatic rings. The van der Waals surface area contributed by atoms with Crippen LogP contribution in [0.2, 0.25) is 0 Å². The highest BCUT2D eigenvalue weighted by molar-refractivity contribution is 5.85. The number of rotatable bonds is 8. The second kappa shape index (κ2) is 9.17. The average molecular weight is 341 g/mol. The molecule has 2 rings (SSSR count). The fraction of sp³-hybridized carbons (Fsp3) is 0.375. The molecule has 0 saturated heterocycles. The molecule has 0 radical (unpaired) electrons. The number of carboxylic acids is 1. The van der Waals surface area contributed by atoms with E-state index in [1.807, 2.05) is 36.1 Å². The predicted molar refractivity (Wildman–Crippen MR) is 88.9 cm³/mol. The summed E-state index contributed by atoms with van der Waals surface area (Å²) in [7, 11) is 1.61. The zero-order chi connectivity index (χ0) is 15.9. The summed E-state index contributed by atoms with van der Waals surface area (Å²) < 4.78 is 10.6. The number of aromatic nitrogens is 1. The molecule has 7 heteroatoms. The van der Waals surface area contributed by atoms with Gasteiger partial charge in [0.2, 0.25) is 5.89 Å². The lowest BCUT2D eigenvalue weighted by Crippen LogP contribution is -2.30. The Morgan fingerprint density at radius 2 is 2.04 bits per heavy atom. The van der Waals surface area contributed by atoms with Crippen LogP contribution in [0.3, 0.4) is 0 Å². The van der Waals surface area contributed by atoms with Gasteiger partial charge in [0.15, 0.2) is 0 Å². The summed E-state index contributed by atoms with van der Waals surface area (Å²) in [6, 6.07) is 7.42. The Morgan fingerprint density at radius 3 is 2.61 bits per heavy atom. The van der Waals surface area contributed by atoms with Gasteiger partial charge in [0, 0.05) is 12.1 Å². The van der Waals surface area contributed by atoms with Crippen molar-refractivity contribution in [1.82, 2.24) is 9.88 Å². The van der Waals surface area contributed by atoms with Gasteiger partial charge in [0.25, 0.3) is 0 Å². The second-order valence-corrected chi connectivity index (χ2v) is 4.98. The third kappa shape index (κ3) is 5.58. The summed E-state index contributed by atoms with van der Waals surface area (Å²) in [5.41, 5.74) is 1.58. The van der Waals surface area contributed by atoms with Crippen molar-refractivity contribution in [3.8, 4) is 17.2 Å². The van der Waals surface area contributed by atoms with Crippen LogP contribution in [0, 0.1) is 0 Å². The lowest BCUT2D eigenvalue weighted by atomic mass is 10.2. The first-order valence-corrected chi connectivity index (χ1v) is 7.15. The van der Waals surface area contributed by atoms with Crippen molar-refractivity contribution in [3.63, 3.8) is 0 Å². The lowest BCUT2D eigenvalue weighted by Gasteiger charge is -2.17. The van der Waals surface area contributed by atoms with E-state index >= 15 is 0 Å². The van der Waals surface area contributed by atoms with E-state index < -0.39 is 5.97 Å². The molecule has 0 bridgehead atoms. The quantitative estimate of drug-likeness (QED) is 0.796. The van der Waals surface area contributed by atoms with Gasteiger partial charge in [0.1, 0.15) is 12.0 Å². The van der Waals surface area contributed by atoms with Gasteiger partial charge in [-0.25, -0.2) is 4.98 Å². The van der Waals surface area contributed by atoms with E-state index in [4.69, 9.17) is 14.3 Å². The molecule has 6 nitrogen and oxygen atoms in total. The van der Waals surface area contributed by atoms with Crippen molar-refractivity contribution in [2.24, 2.45) is 0 Å². The Morgan fingerprint density at radius 1 is 1.35 bits per heavy atom. The molecule has 1 heterocycles. The Bertz CT molecular complexity index is 613. The number of benzene rings is 1. The van der Waals surface area contributed by atoms with Crippen molar-refractivity contribution in [2.45, 2.75) is 19.9 Å². The van der Waals surface area contributed by atoms with Gasteiger partial charge in [-0.05, 0) is 37.2 Å². The number of aliphatic carboxylic acids is 1. The zero-order valence-corrected chi connectivity index (χ0v) is 14.0. The molecule has 1 N–H and O–H groups in total. The number of ether oxygens (including phenoxy) is 1. The molecule has 23 heavy (non-hydrogen) atoms. The first-order chi connectivity index (χ1) is 10.6. The van der Waals surface area contributed by atoms with Crippen LogP contribution in [0.4, 0.5) is 0 Å². The third-order valence-electron chi connectivity index (χ3n) is 3.17. The van der Waals surface area contributed by atoms with Crippen molar-refractivity contribution in [3.05, 3.63) is 36.2 Å². The molecule has 0 aliphatic heterocycles. The van der Waals surface area contributed by atoms with E-state index in [0.29, 0.717) is 19.0 Å². The molecule has 0 amide bonds. The first kappa shape index (κ1) is 19.0. The Labute approximate surface area is 141 Å². The monoisotopic (exact) mass is 340 g/mol. The highest BCUT2D eigenvalue weighted by Crippen LogP contribution is 2.22. The molecule has 0 atom stereocenters. The van der Waals surface area contributed by atoms with E-state index in [1.165, 1.54) is 0 Å². The summed E-state index contributed by atoms with van der Waals surface area (Å²) >= 11 is 0. The molecule has 1 aromatic carbocycles. The van der Waals surface area contributed by atoms with Gasteiger partial charge in [-0.15, -0.1) is 12.4 Å². The molecule has 1 aromatic heterocycles. The maximum atomic E-state index is 10.9. The molecule has 0 saturated carbocycles. The minimum absolute atomic E-state index is 0. The fourth-order valence-electron chi connectivity index (χ4n) is 2.20. The predicted octanol–water partition coefficient (Wildman–Crippen LogP) is 3.07. The number of hydrogen-bond acceptors (Lipinski definition) is 5. The minimum Gasteiger partial charge on any atom is -0.497 e. The summed E-state index contributed by atoms with van der Waals surface area (Å²) in [5.74, 6) is 0.447. The number of oxazole rings is 1. The van der Waals surface area contributed by atoms with Crippen molar-refractivity contribution < 1.29 is 19.1 Å². The van der Waals surface area contributed by atoms with E-state index in [9.17, 15) is 4.79 Å². The van der Waals surface area contributed by atoms with E-state index in [1.54, 1.807) is 13.4 Å². The van der Waals surface area contributed by atoms with Crippen LogP contribution in [0.15, 0.2) is 34.9 Å². The molecule has 126 valence electrons. The normalized spacial score (nSPS) is 10.4. The number of hydrogen-bond donors (Lipinski definition) is 1. The third-order valence-corrected chi connectivity index (χ3v) is 3.17. The Hall–Kier alpha value is -2.05. The zero-order valence-electron chi connectivity index (χ0n) is 13.2. The maximum absolute atomic E-state index is 10.9. The van der Waals surface area contributed by atoms with Gasteiger partial charge in [-0.3, -0.25) is 9.69 Å². The fourth-order valence-corrected chi connectivity index (χ4v) is 2.20. The largest absolute Gasteiger partial charge is 0.497 e. The Kier molecular flexibility index (Phi) is 7.57. The van der Waals surface area contributed by atoms with Crippen LogP contribution in [0.1, 0.15) is 19.0 Å². The summed E-state index contributed by atoms with van der Waals surface area (Å²) in [6.45, 7) is 3.18. The van der Waals surface area contributed by atoms with Crippen LogP contribution in [0.5, 0.6) is 5.75 Å². The number of nitrogens with zero attached hydrogens (tertiary/aromatic N) is 2. The van der Waals surface area contributed by atoms with E-state index in [-0.39, 0.29) is 19.0 Å². The summed E-state index contributed by atoms with van der Waals surface area (Å²) in [4.78, 5) is 17.1. The number of carbonyl (C=O) groups is 1. The van der Waals surface area contributed by atoms with Crippen molar-refractivity contribution in [1.29, 1.82) is 0 Å². The number of carboxylic acid groups (broad SMARTS) is 1. The molecular weight excluding hydrogens is 320 g/mol. The minimum atomic E-state index is -0.840. The van der Waals surface area contributed by atoms with Gasteiger partial charge >= 0.3 is 5.97 Å². The van der Waals surface area contributed by atoms with Crippen LogP contribution in [0.25, 0.3) is 11.5 Å². The van der Waals surface area contributed by atoms with Crippen LogP contribution < -0.4 is 4.74 Å². The van der Waals surface area contributed by atoms with Gasteiger partial charge in [0.05, 0.1) is 19.3 Å². The van der Waals surface area contributed by atoms with Crippen molar-refractivity contribution in [2.75, 3.05) is 20.2 Å². The molecule has 0 spiro atoms. The van der Waals surface area contributed by atoms with Crippen LogP contribution in [-0.2, 0) is 11.3 Å². The number of methoxy groups -OCH3 is 1. The topological polar surface area (TPSA) is 75.8 Å². The molecule has 0 aliphatic carbocycles. The highest BCUT2D eigenvalue weighted by Gasteiger charge is 2.13. The summed E-state index contributed by atoms with van der Waals surface area (Å²) in [6.07, 6.45) is 2.46. The van der Waals surface area contributed by atoms with Crippen LogP contribution in [-0.4, -0.2) is 41.2 Å². The van der Waals surface area contributed by atoms with E-state index in [0.717, 1.165) is 23.4 Å². The highest BCUT2D eigenvalue weighted by atomic mass is 35.5. The SMILES string of the molecule is CCCN(CC(=O)O)Cc1coc(-c2ccc(OC)cc2)n1.Cl. The number of halogens is 1. The standard InChI is InChI=1S/C16H20N2O4.ClH/c1-3-8-18(10-15(19)20)9-13-11-22-16(17-13)12-4-6-14(21-2)7-5-12;/h4-7,11H,3,8-10H2,1-2H3,(H,19,20);1H. The van der Waals surface area contributed by atoms with Gasteiger partial charge in [-0.1, -0.05) is 6.92 Å². The van der Waals surface area contributed by atoms with Gasteiger partial charge in [-0.2, -0.15) is 0 Å². The smallest absolute Gasteiger partial charge is 0.317 e. The lowest BCUT2D eigenvalue weighted by molar-refractivity contribution is -0.138. The molecule has 0 aliphatic rings. The van der Waals surface area contributed by atoms with Gasteiger partial charge < -0.3 is 14.3 Å². The van der Waals surface area contributed by atoms with E-state index in [2.05, 4.69) is 4.98 Å². The van der Waals surface area contributed by atoms with Crippen LogP contribution >= 0.6 is 12.4 Å². The summed E-state index contributed by atoms with van der Waals surface area (Å²) in [5, 5.41) is 8.92. The molecular formula is C16H21ClN2O4. The second-order valence-electron chi connectivity index (χ2n) is 4.98. The molecule has 0 unspecified atom stereocenters. The first-order valence-electron chi connectivity index (χ1n) is 7.15. The molecule has 0 fully saturated rings.